The number of primary amides is 1. The molecule has 0 fully saturated rings. The first-order valence-electron chi connectivity index (χ1n) is 6.81. The highest BCUT2D eigenvalue weighted by Gasteiger charge is 2.13. The van der Waals surface area contributed by atoms with Crippen LogP contribution in [-0.2, 0) is 6.42 Å². The van der Waals surface area contributed by atoms with Crippen molar-refractivity contribution in [3.63, 3.8) is 0 Å². The molecule has 22 heavy (non-hydrogen) atoms. The first-order chi connectivity index (χ1) is 10.5. The molecule has 0 bridgehead atoms. The van der Waals surface area contributed by atoms with E-state index in [0.717, 1.165) is 35.4 Å². The molecule has 3 N–H and O–H groups in total. The Bertz CT molecular complexity index is 784. The van der Waals surface area contributed by atoms with Gasteiger partial charge in [0.15, 0.2) is 0 Å². The summed E-state index contributed by atoms with van der Waals surface area (Å²) in [7, 11) is 0. The average molecular weight is 299 g/mol. The number of amides is 1. The van der Waals surface area contributed by atoms with Crippen LogP contribution in [0.15, 0.2) is 30.3 Å². The zero-order valence-electron chi connectivity index (χ0n) is 11.7. The lowest BCUT2D eigenvalue weighted by Gasteiger charge is -2.05. The lowest BCUT2D eigenvalue weighted by atomic mass is 10.0. The van der Waals surface area contributed by atoms with Gasteiger partial charge in [-0.25, -0.2) is 4.39 Å². The molecule has 0 aliphatic carbocycles. The van der Waals surface area contributed by atoms with E-state index < -0.39 is 11.7 Å². The van der Waals surface area contributed by atoms with Crippen LogP contribution in [0.3, 0.4) is 0 Å². The Kier molecular flexibility index (Phi) is 3.55. The smallest absolute Gasteiger partial charge is 0.252 e. The molecule has 1 amide bonds. The van der Waals surface area contributed by atoms with Crippen LogP contribution in [0.5, 0.6) is 11.5 Å². The summed E-state index contributed by atoms with van der Waals surface area (Å²) >= 11 is 0. The Hall–Kier alpha value is -2.82. The standard InChI is InChI=1S/C17H14FNO3/c18-13-8-12(16(20)14(9-13)17(19)21)3-1-10-2-4-15-11(7-10)5-6-22-15/h1-4,7-9,20H,5-6H2,(H2,19,21)/b3-1+. The summed E-state index contributed by atoms with van der Waals surface area (Å²) in [6.07, 6.45) is 4.13. The van der Waals surface area contributed by atoms with Gasteiger partial charge in [0.25, 0.3) is 5.91 Å². The number of rotatable bonds is 3. The lowest BCUT2D eigenvalue weighted by Crippen LogP contribution is -2.11. The van der Waals surface area contributed by atoms with E-state index in [1.54, 1.807) is 12.2 Å². The van der Waals surface area contributed by atoms with Gasteiger partial charge in [-0.3, -0.25) is 4.79 Å². The number of carbonyl (C=O) groups is 1. The van der Waals surface area contributed by atoms with Crippen molar-refractivity contribution in [1.29, 1.82) is 0 Å². The first-order valence-corrected chi connectivity index (χ1v) is 6.81. The van der Waals surface area contributed by atoms with Crippen LogP contribution >= 0.6 is 0 Å². The third kappa shape index (κ3) is 2.65. The number of aromatic hydroxyl groups is 1. The van der Waals surface area contributed by atoms with Crippen molar-refractivity contribution in [3.05, 3.63) is 58.4 Å². The van der Waals surface area contributed by atoms with E-state index in [2.05, 4.69) is 0 Å². The predicted octanol–water partition coefficient (Wildman–Crippen LogP) is 2.74. The number of carbonyl (C=O) groups excluding carboxylic acids is 1. The quantitative estimate of drug-likeness (QED) is 0.856. The first kappa shape index (κ1) is 14.1. The molecule has 3 rings (SSSR count). The normalized spacial score (nSPS) is 13.1. The van der Waals surface area contributed by atoms with Crippen LogP contribution in [-0.4, -0.2) is 17.6 Å². The molecule has 2 aromatic rings. The summed E-state index contributed by atoms with van der Waals surface area (Å²) in [5, 5.41) is 9.98. The Morgan fingerprint density at radius 1 is 1.27 bits per heavy atom. The molecule has 0 unspecified atom stereocenters. The molecule has 0 atom stereocenters. The molecule has 2 aromatic carbocycles. The van der Waals surface area contributed by atoms with E-state index in [9.17, 15) is 14.3 Å². The van der Waals surface area contributed by atoms with Gasteiger partial charge in [-0.2, -0.15) is 0 Å². The van der Waals surface area contributed by atoms with Gasteiger partial charge >= 0.3 is 0 Å². The minimum absolute atomic E-state index is 0.200. The maximum Gasteiger partial charge on any atom is 0.252 e. The summed E-state index contributed by atoms with van der Waals surface area (Å²) in [5.74, 6) is -0.952. The van der Waals surface area contributed by atoms with Crippen molar-refractivity contribution < 1.29 is 19.0 Å². The number of phenols is 1. The van der Waals surface area contributed by atoms with Gasteiger partial charge in [-0.15, -0.1) is 0 Å². The number of hydrogen-bond donors (Lipinski definition) is 2. The third-order valence-corrected chi connectivity index (χ3v) is 3.54. The molecule has 0 spiro atoms. The van der Waals surface area contributed by atoms with E-state index >= 15 is 0 Å². The largest absolute Gasteiger partial charge is 0.506 e. The van der Waals surface area contributed by atoms with Gasteiger partial charge in [0.2, 0.25) is 0 Å². The molecule has 0 saturated carbocycles. The SMILES string of the molecule is NC(=O)c1cc(F)cc(/C=C/c2ccc3c(c2)CCO3)c1O. The van der Waals surface area contributed by atoms with Crippen LogP contribution in [0.2, 0.25) is 0 Å². The summed E-state index contributed by atoms with van der Waals surface area (Å²) in [5.41, 5.74) is 7.09. The highest BCUT2D eigenvalue weighted by molar-refractivity contribution is 5.97. The molecular weight excluding hydrogens is 285 g/mol. The lowest BCUT2D eigenvalue weighted by molar-refractivity contribution is 0.0997. The number of halogens is 1. The third-order valence-electron chi connectivity index (χ3n) is 3.54. The van der Waals surface area contributed by atoms with Crippen LogP contribution in [0.4, 0.5) is 4.39 Å². The van der Waals surface area contributed by atoms with Gasteiger partial charge < -0.3 is 15.6 Å². The van der Waals surface area contributed by atoms with Crippen molar-refractivity contribution in [2.75, 3.05) is 6.61 Å². The monoisotopic (exact) mass is 299 g/mol. The Morgan fingerprint density at radius 2 is 2.09 bits per heavy atom. The van der Waals surface area contributed by atoms with Crippen LogP contribution < -0.4 is 10.5 Å². The fourth-order valence-corrected chi connectivity index (χ4v) is 2.43. The number of fused-ring (bicyclic) bond motifs is 1. The van der Waals surface area contributed by atoms with E-state index in [1.165, 1.54) is 0 Å². The van der Waals surface area contributed by atoms with Gasteiger partial charge in [0, 0.05) is 12.0 Å². The van der Waals surface area contributed by atoms with Crippen molar-refractivity contribution >= 4 is 18.1 Å². The molecule has 0 saturated heterocycles. The molecule has 1 aliphatic rings. The minimum atomic E-state index is -0.874. The Labute approximate surface area is 126 Å². The summed E-state index contributed by atoms with van der Waals surface area (Å²) in [4.78, 5) is 11.2. The maximum absolute atomic E-state index is 13.5. The predicted molar refractivity (Wildman–Crippen MR) is 81.2 cm³/mol. The number of hydrogen-bond acceptors (Lipinski definition) is 3. The second-order valence-electron chi connectivity index (χ2n) is 5.05. The van der Waals surface area contributed by atoms with Gasteiger partial charge in [-0.1, -0.05) is 18.2 Å². The maximum atomic E-state index is 13.5. The van der Waals surface area contributed by atoms with Crippen LogP contribution in [0.25, 0.3) is 12.2 Å². The molecule has 0 aromatic heterocycles. The topological polar surface area (TPSA) is 72.6 Å². The van der Waals surface area contributed by atoms with Crippen molar-refractivity contribution in [1.82, 2.24) is 0 Å². The average Bonchev–Trinajstić information content (AvgIpc) is 2.95. The summed E-state index contributed by atoms with van der Waals surface area (Å²) in [6, 6.07) is 7.79. The fraction of sp³-hybridized carbons (Fsp3) is 0.118. The highest BCUT2D eigenvalue weighted by atomic mass is 19.1. The van der Waals surface area contributed by atoms with Gasteiger partial charge in [-0.05, 0) is 35.4 Å². The van der Waals surface area contributed by atoms with E-state index in [-0.39, 0.29) is 16.9 Å². The zero-order chi connectivity index (χ0) is 15.7. The number of nitrogens with two attached hydrogens (primary N) is 1. The second-order valence-corrected chi connectivity index (χ2v) is 5.05. The minimum Gasteiger partial charge on any atom is -0.506 e. The highest BCUT2D eigenvalue weighted by Crippen LogP contribution is 2.28. The van der Waals surface area contributed by atoms with Crippen molar-refractivity contribution in [2.24, 2.45) is 5.73 Å². The van der Waals surface area contributed by atoms with Gasteiger partial charge in [0.05, 0.1) is 12.2 Å². The number of benzene rings is 2. The summed E-state index contributed by atoms with van der Waals surface area (Å²) < 4.78 is 18.9. The molecule has 112 valence electrons. The van der Waals surface area contributed by atoms with Crippen molar-refractivity contribution in [2.45, 2.75) is 6.42 Å². The molecule has 1 aliphatic heterocycles. The van der Waals surface area contributed by atoms with Crippen molar-refractivity contribution in [3.8, 4) is 11.5 Å². The van der Waals surface area contributed by atoms with E-state index in [1.807, 2.05) is 18.2 Å². The zero-order valence-corrected chi connectivity index (χ0v) is 11.7. The van der Waals surface area contributed by atoms with Gasteiger partial charge in [0.1, 0.15) is 17.3 Å². The molecular formula is C17H14FNO3. The Morgan fingerprint density at radius 3 is 2.86 bits per heavy atom. The Balaban J connectivity index is 1.94. The van der Waals surface area contributed by atoms with Crippen LogP contribution in [0.1, 0.15) is 27.0 Å². The van der Waals surface area contributed by atoms with E-state index in [4.69, 9.17) is 10.5 Å². The molecule has 4 nitrogen and oxygen atoms in total. The summed E-state index contributed by atoms with van der Waals surface area (Å²) in [6.45, 7) is 0.676. The molecule has 0 radical (unpaired) electrons. The van der Waals surface area contributed by atoms with Crippen LogP contribution in [0, 0.1) is 5.82 Å². The molecule has 5 heteroatoms. The fourth-order valence-electron chi connectivity index (χ4n) is 2.43. The second kappa shape index (κ2) is 5.52. The number of ether oxygens (including phenoxy) is 1. The van der Waals surface area contributed by atoms with E-state index in [0.29, 0.717) is 6.61 Å². The molecule has 1 heterocycles.